The predicted molar refractivity (Wildman–Crippen MR) is 50.2 cm³/mol. The fraction of sp³-hybridized carbons (Fsp3) is 0.250. The van der Waals surface area contributed by atoms with E-state index in [1.807, 2.05) is 0 Å². The maximum atomic E-state index is 12.4. The summed E-state index contributed by atoms with van der Waals surface area (Å²) in [6.07, 6.45) is -7.90. The normalized spacial score (nSPS) is 11.9. The minimum Gasteiger partial charge on any atom is -0.406 e. The van der Waals surface area contributed by atoms with Crippen molar-refractivity contribution in [2.24, 2.45) is 0 Å². The summed E-state index contributed by atoms with van der Waals surface area (Å²) in [5.74, 6) is -0.775. The van der Waals surface area contributed by atoms with Crippen LogP contribution in [0.25, 0.3) is 0 Å². The van der Waals surface area contributed by atoms with Crippen LogP contribution >= 0.6 is 15.9 Å². The first-order valence-corrected chi connectivity index (χ1v) is 4.63. The number of benzene rings is 1. The molecule has 0 aliphatic carbocycles. The summed E-state index contributed by atoms with van der Waals surface area (Å²) in [4.78, 5) is 0. The van der Waals surface area contributed by atoms with E-state index in [0.717, 1.165) is 6.07 Å². The third-order valence-electron chi connectivity index (χ3n) is 1.57. The second-order valence-corrected chi connectivity index (χ2v) is 3.56. The quantitative estimate of drug-likeness (QED) is 0.665. The molecule has 0 amide bonds. The van der Waals surface area contributed by atoms with Crippen molar-refractivity contribution in [2.45, 2.75) is 12.8 Å². The third-order valence-corrected chi connectivity index (χ3v) is 2.49. The summed E-state index contributed by atoms with van der Waals surface area (Å²) in [5, 5.41) is 0. The van der Waals surface area contributed by atoms with E-state index >= 15 is 0 Å². The Bertz CT molecular complexity index is 393. The van der Waals surface area contributed by atoms with Gasteiger partial charge >= 0.3 is 6.36 Å². The highest BCUT2D eigenvalue weighted by atomic mass is 79.9. The maximum Gasteiger partial charge on any atom is 0.573 e. The number of halogens is 6. The van der Waals surface area contributed by atoms with Gasteiger partial charge in [0.05, 0.1) is 5.69 Å². The first-order valence-electron chi connectivity index (χ1n) is 3.83. The Morgan fingerprint density at radius 1 is 1.25 bits per heavy atom. The summed E-state index contributed by atoms with van der Waals surface area (Å²) in [6.45, 7) is 0. The lowest BCUT2D eigenvalue weighted by Gasteiger charge is -2.12. The van der Waals surface area contributed by atoms with Crippen molar-refractivity contribution in [1.29, 1.82) is 0 Å². The molecule has 90 valence electrons. The van der Waals surface area contributed by atoms with Crippen molar-refractivity contribution in [3.63, 3.8) is 0 Å². The molecule has 8 heteroatoms. The number of rotatable bonds is 2. The van der Waals surface area contributed by atoms with Gasteiger partial charge in [-0.3, -0.25) is 0 Å². The molecular formula is C8H5BrF5NO. The fourth-order valence-electron chi connectivity index (χ4n) is 0.993. The van der Waals surface area contributed by atoms with Gasteiger partial charge in [0.2, 0.25) is 0 Å². The molecule has 0 bridgehead atoms. The Hall–Kier alpha value is -1.05. The van der Waals surface area contributed by atoms with Crippen molar-refractivity contribution < 1.29 is 26.7 Å². The number of alkyl halides is 5. The smallest absolute Gasteiger partial charge is 0.406 e. The van der Waals surface area contributed by atoms with Crippen LogP contribution in [-0.4, -0.2) is 6.36 Å². The minimum absolute atomic E-state index is 0.142. The molecule has 0 saturated heterocycles. The Kier molecular flexibility index (Phi) is 3.61. The van der Waals surface area contributed by atoms with E-state index in [-0.39, 0.29) is 10.2 Å². The van der Waals surface area contributed by atoms with E-state index in [9.17, 15) is 22.0 Å². The number of hydrogen-bond donors (Lipinski definition) is 1. The summed E-state index contributed by atoms with van der Waals surface area (Å²) < 4.78 is 63.7. The highest BCUT2D eigenvalue weighted by Crippen LogP contribution is 2.36. The largest absolute Gasteiger partial charge is 0.573 e. The van der Waals surface area contributed by atoms with E-state index in [4.69, 9.17) is 5.73 Å². The lowest BCUT2D eigenvalue weighted by atomic mass is 10.2. The van der Waals surface area contributed by atoms with Crippen LogP contribution in [-0.2, 0) is 0 Å². The first kappa shape index (κ1) is 13.0. The topological polar surface area (TPSA) is 35.2 Å². The van der Waals surface area contributed by atoms with E-state index in [1.54, 1.807) is 0 Å². The van der Waals surface area contributed by atoms with Crippen LogP contribution in [0.2, 0.25) is 0 Å². The molecule has 16 heavy (non-hydrogen) atoms. The van der Waals surface area contributed by atoms with Gasteiger partial charge in [-0.15, -0.1) is 13.2 Å². The molecule has 2 N–H and O–H groups in total. The molecule has 0 atom stereocenters. The lowest BCUT2D eigenvalue weighted by molar-refractivity contribution is -0.274. The highest BCUT2D eigenvalue weighted by molar-refractivity contribution is 9.10. The molecule has 2 nitrogen and oxygen atoms in total. The SMILES string of the molecule is Nc1cc(OC(F)(F)F)cc(C(F)F)c1Br. The maximum absolute atomic E-state index is 12.4. The molecule has 1 aromatic rings. The molecule has 0 aliphatic rings. The summed E-state index contributed by atoms with van der Waals surface area (Å²) in [6, 6.07) is 1.39. The molecular weight excluding hydrogens is 301 g/mol. The van der Waals surface area contributed by atoms with E-state index < -0.39 is 24.1 Å². The van der Waals surface area contributed by atoms with Crippen LogP contribution in [0.5, 0.6) is 5.75 Å². The predicted octanol–water partition coefficient (Wildman–Crippen LogP) is 3.87. The minimum atomic E-state index is -4.94. The van der Waals surface area contributed by atoms with Gasteiger partial charge < -0.3 is 10.5 Å². The van der Waals surface area contributed by atoms with Gasteiger partial charge in [0.15, 0.2) is 0 Å². The van der Waals surface area contributed by atoms with E-state index in [1.165, 1.54) is 0 Å². The Labute approximate surface area is 95.3 Å². The average Bonchev–Trinajstić information content (AvgIpc) is 2.07. The van der Waals surface area contributed by atoms with Crippen molar-refractivity contribution in [2.75, 3.05) is 5.73 Å². The Balaban J connectivity index is 3.14. The van der Waals surface area contributed by atoms with Crippen LogP contribution in [0.4, 0.5) is 27.6 Å². The molecule has 1 rings (SSSR count). The zero-order chi connectivity index (χ0) is 12.5. The molecule has 0 spiro atoms. The molecule has 0 unspecified atom stereocenters. The number of nitrogen functional groups attached to an aromatic ring is 1. The number of ether oxygens (including phenoxy) is 1. The number of anilines is 1. The van der Waals surface area contributed by atoms with Gasteiger partial charge in [0, 0.05) is 16.1 Å². The zero-order valence-corrected chi connectivity index (χ0v) is 9.07. The Morgan fingerprint density at radius 3 is 2.25 bits per heavy atom. The van der Waals surface area contributed by atoms with Crippen LogP contribution in [0.3, 0.4) is 0 Å². The fourth-order valence-corrected chi connectivity index (χ4v) is 1.39. The van der Waals surface area contributed by atoms with Gasteiger partial charge in [-0.25, -0.2) is 8.78 Å². The van der Waals surface area contributed by atoms with Crippen molar-refractivity contribution >= 4 is 21.6 Å². The number of nitrogens with two attached hydrogens (primary N) is 1. The van der Waals surface area contributed by atoms with Crippen molar-refractivity contribution in [3.8, 4) is 5.75 Å². The van der Waals surface area contributed by atoms with Crippen molar-refractivity contribution in [3.05, 3.63) is 22.2 Å². The second kappa shape index (κ2) is 4.44. The number of hydrogen-bond acceptors (Lipinski definition) is 2. The highest BCUT2D eigenvalue weighted by Gasteiger charge is 2.32. The van der Waals surface area contributed by atoms with Crippen LogP contribution in [0.1, 0.15) is 12.0 Å². The molecule has 0 fully saturated rings. The monoisotopic (exact) mass is 305 g/mol. The Morgan fingerprint density at radius 2 is 1.81 bits per heavy atom. The molecule has 0 aromatic heterocycles. The molecule has 1 aromatic carbocycles. The summed E-state index contributed by atoms with van der Waals surface area (Å²) >= 11 is 2.75. The van der Waals surface area contributed by atoms with E-state index in [2.05, 4.69) is 20.7 Å². The van der Waals surface area contributed by atoms with Crippen LogP contribution in [0, 0.1) is 0 Å². The zero-order valence-electron chi connectivity index (χ0n) is 7.49. The molecule has 0 aliphatic heterocycles. The first-order chi connectivity index (χ1) is 7.20. The second-order valence-electron chi connectivity index (χ2n) is 2.76. The van der Waals surface area contributed by atoms with Gasteiger partial charge in [-0.2, -0.15) is 0 Å². The van der Waals surface area contributed by atoms with Gasteiger partial charge in [0.1, 0.15) is 5.75 Å². The van der Waals surface area contributed by atoms with Gasteiger partial charge in [-0.05, 0) is 22.0 Å². The van der Waals surface area contributed by atoms with Crippen LogP contribution in [0.15, 0.2) is 16.6 Å². The third kappa shape index (κ3) is 3.22. The molecule has 0 heterocycles. The molecule has 0 saturated carbocycles. The van der Waals surface area contributed by atoms with E-state index in [0.29, 0.717) is 6.07 Å². The van der Waals surface area contributed by atoms with Crippen molar-refractivity contribution in [1.82, 2.24) is 0 Å². The molecule has 0 radical (unpaired) electrons. The van der Waals surface area contributed by atoms with Crippen LogP contribution < -0.4 is 10.5 Å². The summed E-state index contributed by atoms with van der Waals surface area (Å²) in [5.41, 5.74) is 4.34. The summed E-state index contributed by atoms with van der Waals surface area (Å²) in [7, 11) is 0. The average molecular weight is 306 g/mol. The van der Waals surface area contributed by atoms with Gasteiger partial charge in [-0.1, -0.05) is 0 Å². The lowest BCUT2D eigenvalue weighted by Crippen LogP contribution is -2.17. The standard InChI is InChI=1S/C8H5BrF5NO/c9-6-4(7(10)11)1-3(2-5(6)15)16-8(12,13)14/h1-2,7H,15H2. The van der Waals surface area contributed by atoms with Gasteiger partial charge in [0.25, 0.3) is 6.43 Å².